The minimum Gasteiger partial charge on any atom is -0.496 e. The van der Waals surface area contributed by atoms with Gasteiger partial charge < -0.3 is 10.5 Å². The largest absolute Gasteiger partial charge is 0.496 e. The van der Waals surface area contributed by atoms with Gasteiger partial charge in [-0.3, -0.25) is 0 Å². The van der Waals surface area contributed by atoms with E-state index in [1.54, 1.807) is 7.11 Å². The molecule has 1 aliphatic carbocycles. The van der Waals surface area contributed by atoms with Crippen LogP contribution in [-0.4, -0.2) is 7.11 Å². The molecule has 0 spiro atoms. The van der Waals surface area contributed by atoms with Crippen molar-refractivity contribution >= 4 is 0 Å². The first kappa shape index (κ1) is 10.5. The summed E-state index contributed by atoms with van der Waals surface area (Å²) in [7, 11) is 1.75. The smallest absolute Gasteiger partial charge is 0.127 e. The van der Waals surface area contributed by atoms with Gasteiger partial charge in [0.15, 0.2) is 0 Å². The first-order valence-electron chi connectivity index (χ1n) is 5.68. The highest BCUT2D eigenvalue weighted by molar-refractivity contribution is 5.48. The number of ether oxygens (including phenoxy) is 1. The molecule has 2 rings (SSSR count). The molecule has 2 N–H and O–H groups in total. The summed E-state index contributed by atoms with van der Waals surface area (Å²) in [6.45, 7) is 2.01. The Balaban J connectivity index is 2.51. The van der Waals surface area contributed by atoms with Crippen LogP contribution in [0.1, 0.15) is 42.5 Å². The maximum absolute atomic E-state index is 5.94. The molecule has 0 aliphatic heterocycles. The zero-order chi connectivity index (χ0) is 10.8. The molecule has 0 amide bonds. The molecule has 0 bridgehead atoms. The van der Waals surface area contributed by atoms with Crippen molar-refractivity contribution in [3.05, 3.63) is 28.8 Å². The Morgan fingerprint density at radius 3 is 2.67 bits per heavy atom. The van der Waals surface area contributed by atoms with Gasteiger partial charge in [0.25, 0.3) is 0 Å². The Labute approximate surface area is 91.4 Å². The van der Waals surface area contributed by atoms with Gasteiger partial charge in [0.05, 0.1) is 7.11 Å². The maximum Gasteiger partial charge on any atom is 0.127 e. The topological polar surface area (TPSA) is 35.2 Å². The van der Waals surface area contributed by atoms with E-state index in [9.17, 15) is 0 Å². The van der Waals surface area contributed by atoms with Crippen LogP contribution in [0, 0.1) is 0 Å². The number of fused-ring (bicyclic) bond motifs is 1. The number of aryl methyl sites for hydroxylation is 1. The Morgan fingerprint density at radius 2 is 2.00 bits per heavy atom. The first-order valence-corrected chi connectivity index (χ1v) is 5.68. The Hall–Kier alpha value is -1.02. The molecule has 82 valence electrons. The average molecular weight is 205 g/mol. The van der Waals surface area contributed by atoms with Gasteiger partial charge in [0.2, 0.25) is 0 Å². The molecule has 0 heterocycles. The minimum atomic E-state index is 0.0483. The van der Waals surface area contributed by atoms with Gasteiger partial charge in [-0.2, -0.15) is 0 Å². The Bertz CT molecular complexity index is 358. The Kier molecular flexibility index (Phi) is 2.96. The molecule has 0 aromatic heterocycles. The molecule has 1 aromatic rings. The lowest BCUT2D eigenvalue weighted by molar-refractivity contribution is 0.398. The number of nitrogens with two attached hydrogens (primary N) is 1. The van der Waals surface area contributed by atoms with Gasteiger partial charge in [0.1, 0.15) is 5.75 Å². The highest BCUT2D eigenvalue weighted by Gasteiger charge is 2.18. The van der Waals surface area contributed by atoms with Crippen LogP contribution in [0.15, 0.2) is 12.1 Å². The molecule has 1 aliphatic rings. The fourth-order valence-corrected chi connectivity index (χ4v) is 2.41. The van der Waals surface area contributed by atoms with E-state index in [2.05, 4.69) is 12.1 Å². The average Bonchev–Trinajstić information content (AvgIpc) is 2.27. The van der Waals surface area contributed by atoms with Crippen molar-refractivity contribution in [3.63, 3.8) is 0 Å². The van der Waals surface area contributed by atoms with E-state index >= 15 is 0 Å². The molecular formula is C13H19NO. The summed E-state index contributed by atoms with van der Waals surface area (Å²) >= 11 is 0. The summed E-state index contributed by atoms with van der Waals surface area (Å²) in [6, 6.07) is 4.38. The van der Waals surface area contributed by atoms with E-state index in [1.165, 1.54) is 30.4 Å². The van der Waals surface area contributed by atoms with Crippen molar-refractivity contribution in [1.82, 2.24) is 0 Å². The minimum absolute atomic E-state index is 0.0483. The lowest BCUT2D eigenvalue weighted by Gasteiger charge is -2.22. The van der Waals surface area contributed by atoms with E-state index in [0.717, 1.165) is 17.7 Å². The fourth-order valence-electron chi connectivity index (χ4n) is 2.41. The van der Waals surface area contributed by atoms with Crippen LogP contribution < -0.4 is 10.5 Å². The fraction of sp³-hybridized carbons (Fsp3) is 0.538. The zero-order valence-electron chi connectivity index (χ0n) is 9.55. The van der Waals surface area contributed by atoms with Crippen LogP contribution in [-0.2, 0) is 12.8 Å². The summed E-state index contributed by atoms with van der Waals surface area (Å²) in [5.74, 6) is 1.03. The lowest BCUT2D eigenvalue weighted by Crippen LogP contribution is -2.12. The molecule has 0 radical (unpaired) electrons. The van der Waals surface area contributed by atoms with Gasteiger partial charge in [-0.25, -0.2) is 0 Å². The van der Waals surface area contributed by atoms with Gasteiger partial charge in [-0.15, -0.1) is 0 Å². The normalized spacial score (nSPS) is 17.0. The van der Waals surface area contributed by atoms with Crippen molar-refractivity contribution in [2.45, 2.75) is 38.6 Å². The van der Waals surface area contributed by atoms with Crippen LogP contribution in [0.2, 0.25) is 0 Å². The Morgan fingerprint density at radius 1 is 1.27 bits per heavy atom. The molecule has 1 atom stereocenters. The van der Waals surface area contributed by atoms with Crippen molar-refractivity contribution in [2.24, 2.45) is 5.73 Å². The molecule has 15 heavy (non-hydrogen) atoms. The van der Waals surface area contributed by atoms with E-state index in [4.69, 9.17) is 10.5 Å². The summed E-state index contributed by atoms with van der Waals surface area (Å²) in [4.78, 5) is 0. The molecule has 0 fully saturated rings. The van der Waals surface area contributed by atoms with E-state index in [-0.39, 0.29) is 6.04 Å². The van der Waals surface area contributed by atoms with Crippen LogP contribution >= 0.6 is 0 Å². The number of hydrogen-bond donors (Lipinski definition) is 1. The summed E-state index contributed by atoms with van der Waals surface area (Å²) in [5.41, 5.74) is 9.91. The third-order valence-corrected chi connectivity index (χ3v) is 3.21. The predicted octanol–water partition coefficient (Wildman–Crippen LogP) is 2.59. The first-order chi connectivity index (χ1) is 7.24. The molecule has 1 unspecified atom stereocenters. The second-order valence-electron chi connectivity index (χ2n) is 4.32. The van der Waals surface area contributed by atoms with E-state index in [1.807, 2.05) is 6.92 Å². The zero-order valence-corrected chi connectivity index (χ0v) is 9.55. The van der Waals surface area contributed by atoms with Crippen molar-refractivity contribution in [2.75, 3.05) is 7.11 Å². The van der Waals surface area contributed by atoms with Crippen LogP contribution in [0.5, 0.6) is 5.75 Å². The third-order valence-electron chi connectivity index (χ3n) is 3.21. The van der Waals surface area contributed by atoms with Gasteiger partial charge in [-0.1, -0.05) is 12.1 Å². The van der Waals surface area contributed by atoms with Crippen molar-refractivity contribution in [3.8, 4) is 5.75 Å². The lowest BCUT2D eigenvalue weighted by atomic mass is 9.88. The van der Waals surface area contributed by atoms with E-state index in [0.29, 0.717) is 0 Å². The van der Waals surface area contributed by atoms with Crippen molar-refractivity contribution in [1.29, 1.82) is 0 Å². The third kappa shape index (κ3) is 1.86. The maximum atomic E-state index is 5.94. The molecule has 2 heteroatoms. The highest BCUT2D eigenvalue weighted by atomic mass is 16.5. The molecule has 1 aromatic carbocycles. The standard InChI is InChI=1S/C13H19NO/c1-9(14)11-8-7-10-5-3-4-6-12(10)13(11)15-2/h7-9H,3-6,14H2,1-2H3. The monoisotopic (exact) mass is 205 g/mol. The SMILES string of the molecule is COc1c(C(C)N)ccc2c1CCCC2. The summed E-state index contributed by atoms with van der Waals surface area (Å²) in [6.07, 6.45) is 4.89. The number of benzene rings is 1. The van der Waals surface area contributed by atoms with Crippen molar-refractivity contribution < 1.29 is 4.74 Å². The molecule has 0 saturated carbocycles. The second kappa shape index (κ2) is 4.23. The number of hydrogen-bond acceptors (Lipinski definition) is 2. The van der Waals surface area contributed by atoms with E-state index < -0.39 is 0 Å². The van der Waals surface area contributed by atoms with Crippen LogP contribution in [0.4, 0.5) is 0 Å². The number of rotatable bonds is 2. The second-order valence-corrected chi connectivity index (χ2v) is 4.32. The molecular weight excluding hydrogens is 186 g/mol. The molecule has 2 nitrogen and oxygen atoms in total. The van der Waals surface area contributed by atoms with Gasteiger partial charge in [-0.05, 0) is 43.7 Å². The highest BCUT2D eigenvalue weighted by Crippen LogP contribution is 2.34. The van der Waals surface area contributed by atoms with Gasteiger partial charge in [0, 0.05) is 11.6 Å². The van der Waals surface area contributed by atoms with Gasteiger partial charge >= 0.3 is 0 Å². The van der Waals surface area contributed by atoms with Crippen LogP contribution in [0.25, 0.3) is 0 Å². The molecule has 0 saturated heterocycles. The summed E-state index contributed by atoms with van der Waals surface area (Å²) < 4.78 is 5.53. The van der Waals surface area contributed by atoms with Crippen LogP contribution in [0.3, 0.4) is 0 Å². The summed E-state index contributed by atoms with van der Waals surface area (Å²) in [5, 5.41) is 0. The predicted molar refractivity (Wildman–Crippen MR) is 62.2 cm³/mol. The number of methoxy groups -OCH3 is 1. The quantitative estimate of drug-likeness (QED) is 0.805.